The molecule has 0 radical (unpaired) electrons. The molecule has 1 heterocycles. The van der Waals surface area contributed by atoms with Crippen molar-refractivity contribution in [3.63, 3.8) is 0 Å². The second-order valence-corrected chi connectivity index (χ2v) is 5.59. The molecule has 0 amide bonds. The smallest absolute Gasteiger partial charge is 0.308 e. The van der Waals surface area contributed by atoms with Crippen molar-refractivity contribution in [1.29, 1.82) is 0 Å². The number of aromatic hydroxyl groups is 2. The third-order valence-electron chi connectivity index (χ3n) is 3.90. The van der Waals surface area contributed by atoms with E-state index >= 15 is 0 Å². The molecule has 0 aliphatic carbocycles. The number of benzene rings is 2. The maximum atomic E-state index is 13.1. The van der Waals surface area contributed by atoms with Crippen LogP contribution in [-0.4, -0.2) is 30.4 Å². The standard InChI is InChI=1S/C19H16O8/c1-9(20)27-15-7-14(24-2)16-17(23)11(8-26-19(16)18(15)25-3)10-4-5-12(21)13(22)6-10/h4-8,21-22H,1-3H3. The minimum atomic E-state index is -0.576. The van der Waals surface area contributed by atoms with Crippen LogP contribution in [0.5, 0.6) is 28.7 Å². The van der Waals surface area contributed by atoms with E-state index in [9.17, 15) is 19.8 Å². The van der Waals surface area contributed by atoms with E-state index < -0.39 is 11.4 Å². The molecule has 2 N–H and O–H groups in total. The molecule has 8 heteroatoms. The van der Waals surface area contributed by atoms with Gasteiger partial charge in [0, 0.05) is 13.0 Å². The zero-order valence-corrected chi connectivity index (χ0v) is 14.7. The molecule has 0 bridgehead atoms. The van der Waals surface area contributed by atoms with Gasteiger partial charge in [-0.3, -0.25) is 9.59 Å². The molecule has 0 unspecified atom stereocenters. The first-order valence-corrected chi connectivity index (χ1v) is 7.78. The molecule has 0 atom stereocenters. The number of carbonyl (C=O) groups excluding carboxylic acids is 1. The largest absolute Gasteiger partial charge is 0.504 e. The zero-order valence-electron chi connectivity index (χ0n) is 14.7. The van der Waals surface area contributed by atoms with E-state index in [0.717, 1.165) is 0 Å². The van der Waals surface area contributed by atoms with Gasteiger partial charge in [-0.2, -0.15) is 0 Å². The molecule has 1 aromatic heterocycles. The average molecular weight is 372 g/mol. The monoisotopic (exact) mass is 372 g/mol. The highest BCUT2D eigenvalue weighted by Crippen LogP contribution is 2.41. The SMILES string of the molecule is COc1c(OC(C)=O)cc(OC)c2c(=O)c(-c3ccc(O)c(O)c3)coc12. The van der Waals surface area contributed by atoms with E-state index in [-0.39, 0.29) is 45.3 Å². The number of fused-ring (bicyclic) bond motifs is 1. The summed E-state index contributed by atoms with van der Waals surface area (Å²) in [6.07, 6.45) is 1.19. The topological polar surface area (TPSA) is 115 Å². The van der Waals surface area contributed by atoms with Crippen LogP contribution in [0.2, 0.25) is 0 Å². The minimum Gasteiger partial charge on any atom is -0.504 e. The van der Waals surface area contributed by atoms with Crippen LogP contribution < -0.4 is 19.6 Å². The normalized spacial score (nSPS) is 10.6. The molecule has 0 saturated heterocycles. The fourth-order valence-electron chi connectivity index (χ4n) is 2.70. The van der Waals surface area contributed by atoms with Crippen molar-refractivity contribution >= 4 is 16.9 Å². The maximum absolute atomic E-state index is 13.1. The van der Waals surface area contributed by atoms with Crippen LogP contribution in [0, 0.1) is 0 Å². The summed E-state index contributed by atoms with van der Waals surface area (Å²) in [6.45, 7) is 1.23. The molecule has 0 aliphatic heterocycles. The van der Waals surface area contributed by atoms with Crippen molar-refractivity contribution in [2.45, 2.75) is 6.92 Å². The summed E-state index contributed by atoms with van der Waals surface area (Å²) >= 11 is 0. The number of phenolic OH excluding ortho intramolecular Hbond substituents is 2. The van der Waals surface area contributed by atoms with Crippen LogP contribution in [-0.2, 0) is 4.79 Å². The van der Waals surface area contributed by atoms with Gasteiger partial charge in [0.15, 0.2) is 22.8 Å². The van der Waals surface area contributed by atoms with Crippen LogP contribution in [0.25, 0.3) is 22.1 Å². The Labute approximate surface area is 153 Å². The van der Waals surface area contributed by atoms with E-state index in [1.54, 1.807) is 0 Å². The quantitative estimate of drug-likeness (QED) is 0.408. The third-order valence-corrected chi connectivity index (χ3v) is 3.90. The highest BCUT2D eigenvalue weighted by Gasteiger charge is 2.22. The van der Waals surface area contributed by atoms with Crippen molar-refractivity contribution in [3.05, 3.63) is 40.8 Å². The predicted octanol–water partition coefficient (Wildman–Crippen LogP) is 2.81. The minimum absolute atomic E-state index is 0.0462. The van der Waals surface area contributed by atoms with Gasteiger partial charge in [-0.1, -0.05) is 6.07 Å². The number of hydrogen-bond acceptors (Lipinski definition) is 8. The lowest BCUT2D eigenvalue weighted by Crippen LogP contribution is -2.09. The summed E-state index contributed by atoms with van der Waals surface area (Å²) in [5.74, 6) is -1.02. The van der Waals surface area contributed by atoms with E-state index in [1.807, 2.05) is 0 Å². The Bertz CT molecular complexity index is 1100. The van der Waals surface area contributed by atoms with E-state index in [4.69, 9.17) is 18.6 Å². The molecule has 2 aromatic carbocycles. The Kier molecular flexibility index (Phi) is 4.64. The lowest BCUT2D eigenvalue weighted by atomic mass is 10.0. The Balaban J connectivity index is 2.33. The Hall–Kier alpha value is -3.68. The lowest BCUT2D eigenvalue weighted by Gasteiger charge is -2.13. The number of phenols is 2. The molecule has 27 heavy (non-hydrogen) atoms. The van der Waals surface area contributed by atoms with Gasteiger partial charge in [0.05, 0.1) is 19.8 Å². The highest BCUT2D eigenvalue weighted by atomic mass is 16.6. The predicted molar refractivity (Wildman–Crippen MR) is 95.7 cm³/mol. The van der Waals surface area contributed by atoms with Crippen molar-refractivity contribution in [3.8, 4) is 39.9 Å². The van der Waals surface area contributed by atoms with Crippen LogP contribution >= 0.6 is 0 Å². The number of methoxy groups -OCH3 is 2. The first-order chi connectivity index (χ1) is 12.9. The van der Waals surface area contributed by atoms with Crippen molar-refractivity contribution in [2.75, 3.05) is 14.2 Å². The van der Waals surface area contributed by atoms with Gasteiger partial charge in [0.25, 0.3) is 0 Å². The van der Waals surface area contributed by atoms with Gasteiger partial charge in [-0.15, -0.1) is 0 Å². The van der Waals surface area contributed by atoms with Gasteiger partial charge in [0.1, 0.15) is 17.4 Å². The summed E-state index contributed by atoms with van der Waals surface area (Å²) in [6, 6.07) is 5.32. The average Bonchev–Trinajstić information content (AvgIpc) is 2.63. The van der Waals surface area contributed by atoms with Gasteiger partial charge in [0.2, 0.25) is 11.2 Å². The number of rotatable bonds is 4. The molecule has 140 valence electrons. The zero-order chi connectivity index (χ0) is 19.7. The molecule has 8 nitrogen and oxygen atoms in total. The first kappa shape index (κ1) is 18.1. The number of hydrogen-bond donors (Lipinski definition) is 2. The highest BCUT2D eigenvalue weighted by molar-refractivity contribution is 5.94. The summed E-state index contributed by atoms with van der Waals surface area (Å²) in [5, 5.41) is 19.2. The Morgan fingerprint density at radius 1 is 1.04 bits per heavy atom. The number of ether oxygens (including phenoxy) is 3. The number of carbonyl (C=O) groups is 1. The van der Waals surface area contributed by atoms with Gasteiger partial charge < -0.3 is 28.8 Å². The molecule has 3 rings (SSSR count). The van der Waals surface area contributed by atoms with Crippen LogP contribution in [0.1, 0.15) is 6.92 Å². The van der Waals surface area contributed by atoms with Crippen LogP contribution in [0.15, 0.2) is 39.7 Å². The summed E-state index contributed by atoms with van der Waals surface area (Å²) in [5.41, 5.74) is 0.0696. The molecular formula is C19H16O8. The molecule has 0 aliphatic rings. The molecule has 0 fully saturated rings. The van der Waals surface area contributed by atoms with Crippen molar-refractivity contribution in [1.82, 2.24) is 0 Å². The lowest BCUT2D eigenvalue weighted by molar-refractivity contribution is -0.132. The first-order valence-electron chi connectivity index (χ1n) is 7.78. The molecule has 0 spiro atoms. The molecular weight excluding hydrogens is 356 g/mol. The third kappa shape index (κ3) is 3.12. The van der Waals surface area contributed by atoms with Crippen molar-refractivity contribution < 1.29 is 33.6 Å². The van der Waals surface area contributed by atoms with E-state index in [0.29, 0.717) is 5.56 Å². The van der Waals surface area contributed by atoms with E-state index in [1.165, 1.54) is 51.7 Å². The summed E-state index contributed by atoms with van der Waals surface area (Å²) < 4.78 is 21.2. The maximum Gasteiger partial charge on any atom is 0.308 e. The molecule has 0 saturated carbocycles. The Morgan fingerprint density at radius 2 is 1.78 bits per heavy atom. The number of esters is 1. The fraction of sp³-hybridized carbons (Fsp3) is 0.158. The van der Waals surface area contributed by atoms with Gasteiger partial charge >= 0.3 is 5.97 Å². The second-order valence-electron chi connectivity index (χ2n) is 5.59. The van der Waals surface area contributed by atoms with Gasteiger partial charge in [-0.25, -0.2) is 0 Å². The second kappa shape index (κ2) is 6.91. The van der Waals surface area contributed by atoms with Crippen molar-refractivity contribution in [2.24, 2.45) is 0 Å². The van der Waals surface area contributed by atoms with Crippen LogP contribution in [0.4, 0.5) is 0 Å². The van der Waals surface area contributed by atoms with Gasteiger partial charge in [-0.05, 0) is 17.7 Å². The Morgan fingerprint density at radius 3 is 2.37 bits per heavy atom. The molecule has 3 aromatic rings. The summed E-state index contributed by atoms with van der Waals surface area (Å²) in [4.78, 5) is 24.4. The fourth-order valence-corrected chi connectivity index (χ4v) is 2.70. The summed E-state index contributed by atoms with van der Waals surface area (Å²) in [7, 11) is 2.71. The van der Waals surface area contributed by atoms with Crippen LogP contribution in [0.3, 0.4) is 0 Å². The van der Waals surface area contributed by atoms with E-state index in [2.05, 4.69) is 0 Å².